The van der Waals surface area contributed by atoms with Gasteiger partial charge in [0.2, 0.25) is 11.8 Å². The Hall–Kier alpha value is -1.84. The molecule has 0 aliphatic heterocycles. The van der Waals surface area contributed by atoms with Crippen molar-refractivity contribution < 1.29 is 9.59 Å². The third-order valence-electron chi connectivity index (χ3n) is 4.35. The van der Waals surface area contributed by atoms with E-state index in [-0.39, 0.29) is 17.9 Å². The monoisotopic (exact) mass is 302 g/mol. The number of carbonyl (C=O) groups is 2. The minimum atomic E-state index is -1.08. The van der Waals surface area contributed by atoms with Crippen molar-refractivity contribution in [2.24, 2.45) is 5.41 Å². The Bertz CT molecular complexity index is 546. The largest absolute Gasteiger partial charge is 0.352 e. The number of rotatable bonds is 4. The Balaban J connectivity index is 1.98. The summed E-state index contributed by atoms with van der Waals surface area (Å²) < 4.78 is 0. The molecule has 0 spiro atoms. The van der Waals surface area contributed by atoms with Crippen molar-refractivity contribution in [3.05, 3.63) is 29.8 Å². The summed E-state index contributed by atoms with van der Waals surface area (Å²) in [4.78, 5) is 24.9. The first-order chi connectivity index (χ1) is 10.4. The first-order valence-corrected chi connectivity index (χ1v) is 8.08. The molecule has 0 atom stereocenters. The molecule has 0 bridgehead atoms. The van der Waals surface area contributed by atoms with Gasteiger partial charge in [-0.2, -0.15) is 0 Å². The van der Waals surface area contributed by atoms with E-state index in [1.54, 1.807) is 13.8 Å². The van der Waals surface area contributed by atoms with Crippen LogP contribution in [0, 0.1) is 12.3 Å². The molecule has 1 aliphatic carbocycles. The number of aryl methyl sites for hydroxylation is 1. The van der Waals surface area contributed by atoms with Crippen LogP contribution >= 0.6 is 0 Å². The van der Waals surface area contributed by atoms with Gasteiger partial charge >= 0.3 is 0 Å². The molecule has 4 heteroatoms. The van der Waals surface area contributed by atoms with Gasteiger partial charge < -0.3 is 10.6 Å². The molecule has 2 N–H and O–H groups in total. The van der Waals surface area contributed by atoms with Gasteiger partial charge in [0.05, 0.1) is 0 Å². The number of amides is 2. The first-order valence-electron chi connectivity index (χ1n) is 8.08. The lowest BCUT2D eigenvalue weighted by Gasteiger charge is -2.28. The standard InChI is InChI=1S/C18H26N2O2/c1-13-8-7-11-15(12-13)20-17(22)18(2,3)16(21)19-14-9-5-4-6-10-14/h7-8,11-12,14H,4-6,9-10H2,1-3H3,(H,19,21)(H,20,22). The lowest BCUT2D eigenvalue weighted by atomic mass is 9.88. The number of hydrogen-bond acceptors (Lipinski definition) is 2. The number of benzene rings is 1. The van der Waals surface area contributed by atoms with E-state index in [1.165, 1.54) is 6.42 Å². The van der Waals surface area contributed by atoms with Crippen LogP contribution in [-0.2, 0) is 9.59 Å². The summed E-state index contributed by atoms with van der Waals surface area (Å²) in [5.41, 5.74) is 0.715. The second kappa shape index (κ2) is 6.95. The van der Waals surface area contributed by atoms with Crippen LogP contribution in [0.25, 0.3) is 0 Å². The Morgan fingerprint density at radius 2 is 1.77 bits per heavy atom. The molecular formula is C18H26N2O2. The maximum atomic E-state index is 12.5. The molecule has 1 aliphatic rings. The number of carbonyl (C=O) groups excluding carboxylic acids is 2. The van der Waals surface area contributed by atoms with Gasteiger partial charge in [-0.1, -0.05) is 31.4 Å². The molecule has 1 aromatic rings. The van der Waals surface area contributed by atoms with Crippen LogP contribution in [0.4, 0.5) is 5.69 Å². The van der Waals surface area contributed by atoms with Gasteiger partial charge in [-0.05, 0) is 51.3 Å². The molecule has 2 rings (SSSR count). The van der Waals surface area contributed by atoms with E-state index < -0.39 is 5.41 Å². The quantitative estimate of drug-likeness (QED) is 0.837. The zero-order chi connectivity index (χ0) is 16.2. The van der Waals surface area contributed by atoms with E-state index in [9.17, 15) is 9.59 Å². The fourth-order valence-corrected chi connectivity index (χ4v) is 2.73. The summed E-state index contributed by atoms with van der Waals surface area (Å²) in [5.74, 6) is -0.462. The molecule has 0 unspecified atom stereocenters. The molecule has 22 heavy (non-hydrogen) atoms. The highest BCUT2D eigenvalue weighted by Gasteiger charge is 2.37. The Morgan fingerprint density at radius 3 is 2.41 bits per heavy atom. The second-order valence-electron chi connectivity index (χ2n) is 6.76. The SMILES string of the molecule is Cc1cccc(NC(=O)C(C)(C)C(=O)NC2CCCCC2)c1. The van der Waals surface area contributed by atoms with Gasteiger partial charge in [0.15, 0.2) is 0 Å². The Kier molecular flexibility index (Phi) is 5.22. The highest BCUT2D eigenvalue weighted by atomic mass is 16.2. The van der Waals surface area contributed by atoms with Crippen LogP contribution < -0.4 is 10.6 Å². The summed E-state index contributed by atoms with van der Waals surface area (Å²) in [5, 5.41) is 5.88. The van der Waals surface area contributed by atoms with E-state index in [2.05, 4.69) is 10.6 Å². The lowest BCUT2D eigenvalue weighted by molar-refractivity contribution is -0.139. The summed E-state index contributed by atoms with van der Waals surface area (Å²) >= 11 is 0. The van der Waals surface area contributed by atoms with Gasteiger partial charge in [-0.15, -0.1) is 0 Å². The van der Waals surface area contributed by atoms with Crippen molar-refractivity contribution in [3.8, 4) is 0 Å². The van der Waals surface area contributed by atoms with Gasteiger partial charge in [-0.25, -0.2) is 0 Å². The molecule has 0 radical (unpaired) electrons. The average Bonchev–Trinajstić information content (AvgIpc) is 2.48. The van der Waals surface area contributed by atoms with Crippen LogP contribution in [-0.4, -0.2) is 17.9 Å². The van der Waals surface area contributed by atoms with E-state index in [0.29, 0.717) is 0 Å². The summed E-state index contributed by atoms with van der Waals surface area (Å²) in [6, 6.07) is 7.80. The minimum Gasteiger partial charge on any atom is -0.352 e. The minimum absolute atomic E-state index is 0.190. The molecular weight excluding hydrogens is 276 g/mol. The van der Waals surface area contributed by atoms with Crippen molar-refractivity contribution in [2.45, 2.75) is 58.9 Å². The van der Waals surface area contributed by atoms with Crippen molar-refractivity contribution >= 4 is 17.5 Å². The first kappa shape index (κ1) is 16.5. The molecule has 120 valence electrons. The summed E-state index contributed by atoms with van der Waals surface area (Å²) in [7, 11) is 0. The van der Waals surface area contributed by atoms with Gasteiger partial charge in [-0.3, -0.25) is 9.59 Å². The molecule has 0 saturated heterocycles. The van der Waals surface area contributed by atoms with Crippen LogP contribution in [0.5, 0.6) is 0 Å². The third-order valence-corrected chi connectivity index (χ3v) is 4.35. The van der Waals surface area contributed by atoms with E-state index in [0.717, 1.165) is 36.9 Å². The molecule has 1 fully saturated rings. The maximum absolute atomic E-state index is 12.5. The van der Waals surface area contributed by atoms with Gasteiger partial charge in [0, 0.05) is 11.7 Å². The molecule has 4 nitrogen and oxygen atoms in total. The lowest BCUT2D eigenvalue weighted by Crippen LogP contribution is -2.49. The van der Waals surface area contributed by atoms with E-state index in [1.807, 2.05) is 31.2 Å². The number of hydrogen-bond donors (Lipinski definition) is 2. The van der Waals surface area contributed by atoms with Gasteiger partial charge in [0.25, 0.3) is 0 Å². The van der Waals surface area contributed by atoms with Crippen LogP contribution in [0.15, 0.2) is 24.3 Å². The van der Waals surface area contributed by atoms with Crippen molar-refractivity contribution in [2.75, 3.05) is 5.32 Å². The second-order valence-corrected chi connectivity index (χ2v) is 6.76. The molecule has 0 aromatic heterocycles. The van der Waals surface area contributed by atoms with Crippen LogP contribution in [0.2, 0.25) is 0 Å². The van der Waals surface area contributed by atoms with E-state index >= 15 is 0 Å². The molecule has 1 aromatic carbocycles. The average molecular weight is 302 g/mol. The predicted molar refractivity (Wildman–Crippen MR) is 88.6 cm³/mol. The molecule has 1 saturated carbocycles. The summed E-state index contributed by atoms with van der Waals surface area (Å²) in [6.07, 6.45) is 5.58. The normalized spacial score (nSPS) is 16.1. The smallest absolute Gasteiger partial charge is 0.239 e. The zero-order valence-corrected chi connectivity index (χ0v) is 13.7. The third kappa shape index (κ3) is 4.09. The van der Waals surface area contributed by atoms with Crippen molar-refractivity contribution in [3.63, 3.8) is 0 Å². The molecule has 0 heterocycles. The summed E-state index contributed by atoms with van der Waals surface area (Å²) in [6.45, 7) is 5.32. The highest BCUT2D eigenvalue weighted by molar-refractivity contribution is 6.09. The fraction of sp³-hybridized carbons (Fsp3) is 0.556. The fourth-order valence-electron chi connectivity index (χ4n) is 2.73. The Morgan fingerprint density at radius 1 is 1.09 bits per heavy atom. The molecule has 2 amide bonds. The van der Waals surface area contributed by atoms with Crippen molar-refractivity contribution in [1.29, 1.82) is 0 Å². The number of anilines is 1. The topological polar surface area (TPSA) is 58.2 Å². The Labute approximate surface area is 132 Å². The van der Waals surface area contributed by atoms with E-state index in [4.69, 9.17) is 0 Å². The van der Waals surface area contributed by atoms with Crippen LogP contribution in [0.3, 0.4) is 0 Å². The van der Waals surface area contributed by atoms with Crippen LogP contribution in [0.1, 0.15) is 51.5 Å². The van der Waals surface area contributed by atoms with Gasteiger partial charge in [0.1, 0.15) is 5.41 Å². The van der Waals surface area contributed by atoms with Crippen molar-refractivity contribution in [1.82, 2.24) is 5.32 Å². The predicted octanol–water partition coefficient (Wildman–Crippen LogP) is 3.41. The highest BCUT2D eigenvalue weighted by Crippen LogP contribution is 2.22. The maximum Gasteiger partial charge on any atom is 0.239 e. The number of nitrogens with one attached hydrogen (secondary N) is 2. The zero-order valence-electron chi connectivity index (χ0n) is 13.7.